The van der Waals surface area contributed by atoms with Crippen molar-refractivity contribution in [2.45, 2.75) is 39.2 Å². The second-order valence-electron chi connectivity index (χ2n) is 4.71. The largest absolute Gasteiger partial charge is 0.460 e. The molecule has 0 spiro atoms. The van der Waals surface area contributed by atoms with Crippen molar-refractivity contribution in [3.05, 3.63) is 24.0 Å². The molecule has 0 aromatic carbocycles. The van der Waals surface area contributed by atoms with E-state index in [0.29, 0.717) is 18.5 Å². The van der Waals surface area contributed by atoms with Gasteiger partial charge in [-0.3, -0.25) is 9.78 Å². The lowest BCUT2D eigenvalue weighted by Crippen LogP contribution is -2.24. The Morgan fingerprint density at radius 3 is 2.69 bits per heavy atom. The minimum absolute atomic E-state index is 0.199. The number of nitrogens with two attached hydrogens (primary N) is 1. The van der Waals surface area contributed by atoms with E-state index in [1.54, 1.807) is 12.4 Å². The summed E-state index contributed by atoms with van der Waals surface area (Å²) in [6.45, 7) is 5.56. The Kier molecular flexibility index (Phi) is 3.88. The Hall–Kier alpha value is -1.58. The number of aromatic nitrogens is 1. The van der Waals surface area contributed by atoms with Gasteiger partial charge >= 0.3 is 5.97 Å². The van der Waals surface area contributed by atoms with E-state index in [2.05, 4.69) is 4.98 Å². The lowest BCUT2D eigenvalue weighted by Gasteiger charge is -2.19. The Balaban J connectivity index is 2.43. The second-order valence-corrected chi connectivity index (χ2v) is 4.71. The van der Waals surface area contributed by atoms with Gasteiger partial charge in [0.2, 0.25) is 0 Å². The standard InChI is InChI=1S/C12H18N2O2/c1-12(2,3)16-11(15)5-4-9-6-10(13)8-14-7-9/h6-8H,4-5,13H2,1-3H3. The Morgan fingerprint density at radius 1 is 1.44 bits per heavy atom. The number of carbonyl (C=O) groups excluding carboxylic acids is 1. The Labute approximate surface area is 95.8 Å². The predicted octanol–water partition coefficient (Wildman–Crippen LogP) is 1.94. The SMILES string of the molecule is CC(C)(C)OC(=O)CCc1cncc(N)c1. The summed E-state index contributed by atoms with van der Waals surface area (Å²) in [4.78, 5) is 15.4. The molecule has 0 radical (unpaired) electrons. The molecule has 0 bridgehead atoms. The van der Waals surface area contributed by atoms with Crippen LogP contribution in [0.4, 0.5) is 5.69 Å². The molecule has 0 saturated carbocycles. The average Bonchev–Trinajstić information content (AvgIpc) is 2.12. The smallest absolute Gasteiger partial charge is 0.306 e. The van der Waals surface area contributed by atoms with Crippen LogP contribution in [0.5, 0.6) is 0 Å². The third-order valence-electron chi connectivity index (χ3n) is 1.85. The van der Waals surface area contributed by atoms with E-state index >= 15 is 0 Å². The van der Waals surface area contributed by atoms with Gasteiger partial charge in [0, 0.05) is 18.8 Å². The van der Waals surface area contributed by atoms with Crippen molar-refractivity contribution in [3.8, 4) is 0 Å². The fourth-order valence-electron chi connectivity index (χ4n) is 1.28. The Morgan fingerprint density at radius 2 is 2.12 bits per heavy atom. The first-order valence-corrected chi connectivity index (χ1v) is 5.28. The van der Waals surface area contributed by atoms with Crippen molar-refractivity contribution in [2.24, 2.45) is 0 Å². The fraction of sp³-hybridized carbons (Fsp3) is 0.500. The third kappa shape index (κ3) is 4.77. The molecule has 1 aromatic rings. The number of hydrogen-bond acceptors (Lipinski definition) is 4. The summed E-state index contributed by atoms with van der Waals surface area (Å²) in [6.07, 6.45) is 4.24. The topological polar surface area (TPSA) is 65.2 Å². The normalized spacial score (nSPS) is 11.2. The molecule has 1 aromatic heterocycles. The van der Waals surface area contributed by atoms with Crippen molar-refractivity contribution >= 4 is 11.7 Å². The van der Waals surface area contributed by atoms with Crippen molar-refractivity contribution < 1.29 is 9.53 Å². The molecule has 0 saturated heterocycles. The first-order chi connectivity index (χ1) is 7.37. The summed E-state index contributed by atoms with van der Waals surface area (Å²) in [5, 5.41) is 0. The van der Waals surface area contributed by atoms with Crippen LogP contribution < -0.4 is 5.73 Å². The average molecular weight is 222 g/mol. The molecule has 0 fully saturated rings. The number of esters is 1. The summed E-state index contributed by atoms with van der Waals surface area (Å²) < 4.78 is 5.20. The number of anilines is 1. The highest BCUT2D eigenvalue weighted by Crippen LogP contribution is 2.11. The van der Waals surface area contributed by atoms with E-state index in [0.717, 1.165) is 5.56 Å². The molecule has 0 amide bonds. The van der Waals surface area contributed by atoms with Gasteiger partial charge in [-0.05, 0) is 38.8 Å². The van der Waals surface area contributed by atoms with Crippen LogP contribution in [0.15, 0.2) is 18.5 Å². The van der Waals surface area contributed by atoms with Gasteiger partial charge in [-0.2, -0.15) is 0 Å². The first-order valence-electron chi connectivity index (χ1n) is 5.28. The summed E-state index contributed by atoms with van der Waals surface area (Å²) in [7, 11) is 0. The molecule has 2 N–H and O–H groups in total. The third-order valence-corrected chi connectivity index (χ3v) is 1.85. The van der Waals surface area contributed by atoms with Gasteiger partial charge in [0.15, 0.2) is 0 Å². The molecule has 0 aliphatic carbocycles. The first kappa shape index (κ1) is 12.5. The number of nitrogens with zero attached hydrogens (tertiary/aromatic N) is 1. The quantitative estimate of drug-likeness (QED) is 0.794. The van der Waals surface area contributed by atoms with Crippen LogP contribution in [0, 0.1) is 0 Å². The molecule has 4 nitrogen and oxygen atoms in total. The molecule has 4 heteroatoms. The summed E-state index contributed by atoms with van der Waals surface area (Å²) >= 11 is 0. The minimum atomic E-state index is -0.426. The van der Waals surface area contributed by atoms with Crippen LogP contribution in [0.1, 0.15) is 32.8 Å². The molecule has 0 atom stereocenters. The molecule has 0 aliphatic heterocycles. The lowest BCUT2D eigenvalue weighted by molar-refractivity contribution is -0.154. The zero-order chi connectivity index (χ0) is 12.2. The van der Waals surface area contributed by atoms with E-state index < -0.39 is 5.60 Å². The van der Waals surface area contributed by atoms with Gasteiger partial charge in [0.05, 0.1) is 5.69 Å². The van der Waals surface area contributed by atoms with Gasteiger partial charge < -0.3 is 10.5 Å². The van der Waals surface area contributed by atoms with Gasteiger partial charge in [0.25, 0.3) is 0 Å². The number of rotatable bonds is 3. The van der Waals surface area contributed by atoms with Crippen molar-refractivity contribution in [2.75, 3.05) is 5.73 Å². The van der Waals surface area contributed by atoms with Crippen molar-refractivity contribution in [3.63, 3.8) is 0 Å². The minimum Gasteiger partial charge on any atom is -0.460 e. The van der Waals surface area contributed by atoms with Crippen LogP contribution in [-0.4, -0.2) is 16.6 Å². The molecule has 0 unspecified atom stereocenters. The highest BCUT2D eigenvalue weighted by molar-refractivity contribution is 5.70. The highest BCUT2D eigenvalue weighted by Gasteiger charge is 2.15. The number of nitrogen functional groups attached to an aromatic ring is 1. The number of pyridine rings is 1. The van der Waals surface area contributed by atoms with E-state index in [4.69, 9.17) is 10.5 Å². The van der Waals surface area contributed by atoms with Crippen LogP contribution >= 0.6 is 0 Å². The van der Waals surface area contributed by atoms with Gasteiger partial charge in [-0.15, -0.1) is 0 Å². The van der Waals surface area contributed by atoms with Crippen molar-refractivity contribution in [1.29, 1.82) is 0 Å². The Bertz CT molecular complexity index is 370. The number of aryl methyl sites for hydroxylation is 1. The van der Waals surface area contributed by atoms with E-state index in [1.807, 2.05) is 26.8 Å². The molecule has 88 valence electrons. The maximum Gasteiger partial charge on any atom is 0.306 e. The molecule has 0 aliphatic rings. The zero-order valence-corrected chi connectivity index (χ0v) is 9.99. The summed E-state index contributed by atoms with van der Waals surface area (Å²) in [6, 6.07) is 1.82. The molecular formula is C12H18N2O2. The highest BCUT2D eigenvalue weighted by atomic mass is 16.6. The summed E-state index contributed by atoms with van der Waals surface area (Å²) in [5.41, 5.74) is 6.73. The lowest BCUT2D eigenvalue weighted by atomic mass is 10.1. The van der Waals surface area contributed by atoms with Crippen LogP contribution in [0.3, 0.4) is 0 Å². The zero-order valence-electron chi connectivity index (χ0n) is 9.99. The van der Waals surface area contributed by atoms with Crippen LogP contribution in [-0.2, 0) is 16.0 Å². The predicted molar refractivity (Wildman–Crippen MR) is 62.8 cm³/mol. The second kappa shape index (κ2) is 4.96. The fourth-order valence-corrected chi connectivity index (χ4v) is 1.28. The molecular weight excluding hydrogens is 204 g/mol. The maximum atomic E-state index is 11.4. The molecule has 1 rings (SSSR count). The number of hydrogen-bond donors (Lipinski definition) is 1. The van der Waals surface area contributed by atoms with Crippen LogP contribution in [0.2, 0.25) is 0 Å². The van der Waals surface area contributed by atoms with Gasteiger partial charge in [-0.25, -0.2) is 0 Å². The van der Waals surface area contributed by atoms with E-state index in [-0.39, 0.29) is 5.97 Å². The summed E-state index contributed by atoms with van der Waals surface area (Å²) in [5.74, 6) is -0.199. The molecule has 1 heterocycles. The van der Waals surface area contributed by atoms with Gasteiger partial charge in [0.1, 0.15) is 5.60 Å². The number of carbonyl (C=O) groups is 1. The number of ether oxygens (including phenoxy) is 1. The maximum absolute atomic E-state index is 11.4. The monoisotopic (exact) mass is 222 g/mol. The van der Waals surface area contributed by atoms with E-state index in [1.165, 1.54) is 0 Å². The van der Waals surface area contributed by atoms with Crippen molar-refractivity contribution in [1.82, 2.24) is 4.98 Å². The van der Waals surface area contributed by atoms with E-state index in [9.17, 15) is 4.79 Å². The van der Waals surface area contributed by atoms with Gasteiger partial charge in [-0.1, -0.05) is 0 Å². The van der Waals surface area contributed by atoms with Crippen LogP contribution in [0.25, 0.3) is 0 Å². The molecule has 16 heavy (non-hydrogen) atoms.